The highest BCUT2D eigenvalue weighted by molar-refractivity contribution is 7.47. The van der Waals surface area contributed by atoms with E-state index in [1.165, 1.54) is 128 Å². The topological polar surface area (TPSA) is 155 Å². The number of unbranched alkanes of at least 4 members (excludes halogenated alkanes) is 25. The van der Waals surface area contributed by atoms with Crippen molar-refractivity contribution in [2.75, 3.05) is 26.4 Å². The molecule has 0 aromatic rings. The number of carbonyl (C=O) groups is 2. The van der Waals surface area contributed by atoms with Crippen molar-refractivity contribution in [3.05, 3.63) is 12.2 Å². The summed E-state index contributed by atoms with van der Waals surface area (Å²) in [6.07, 6.45) is 38.4. The van der Waals surface area contributed by atoms with Crippen molar-refractivity contribution in [2.45, 2.75) is 212 Å². The number of esters is 1. The molecule has 4 N–H and O–H groups in total. The Kier molecular flexibility index (Phi) is 37.1. The monoisotopic (exact) mass is 762 g/mol. The minimum Gasteiger partial charge on any atom is -0.480 e. The molecule has 0 spiro atoms. The van der Waals surface area contributed by atoms with E-state index in [0.717, 1.165) is 51.4 Å². The standard InChI is InChI=1S/C41H80NO9P/c1-3-5-7-9-11-13-15-16-17-18-19-20-21-22-23-25-27-29-31-33-40(43)51-38(36-49-52(46,47)50-37-39(42)41(44)45)35-48-34-32-30-28-26-24-14-12-10-8-6-4-2/h8,10,38-39H,3-7,9,11-37,42H2,1-2H3,(H,44,45)(H,46,47)/b10-8-. The van der Waals surface area contributed by atoms with Gasteiger partial charge >= 0.3 is 19.8 Å². The Morgan fingerprint density at radius 2 is 1.04 bits per heavy atom. The van der Waals surface area contributed by atoms with Gasteiger partial charge in [-0.25, -0.2) is 4.57 Å². The summed E-state index contributed by atoms with van der Waals surface area (Å²) in [5.74, 6) is -1.77. The van der Waals surface area contributed by atoms with E-state index in [-0.39, 0.29) is 13.0 Å². The molecule has 0 saturated heterocycles. The second-order valence-corrected chi connectivity index (χ2v) is 15.9. The first-order valence-corrected chi connectivity index (χ1v) is 22.7. The van der Waals surface area contributed by atoms with E-state index in [2.05, 4.69) is 26.0 Å². The van der Waals surface area contributed by atoms with Gasteiger partial charge in [0.15, 0.2) is 0 Å². The van der Waals surface area contributed by atoms with E-state index >= 15 is 0 Å². The molecule has 0 aliphatic carbocycles. The van der Waals surface area contributed by atoms with Crippen LogP contribution in [-0.4, -0.2) is 60.5 Å². The second kappa shape index (κ2) is 38.0. The van der Waals surface area contributed by atoms with Crippen LogP contribution < -0.4 is 5.73 Å². The van der Waals surface area contributed by atoms with E-state index in [0.29, 0.717) is 6.61 Å². The Hall–Kier alpha value is -1.29. The molecule has 0 aromatic carbocycles. The van der Waals surface area contributed by atoms with Crippen LogP contribution in [0.5, 0.6) is 0 Å². The number of hydrogen-bond acceptors (Lipinski definition) is 8. The van der Waals surface area contributed by atoms with E-state index in [9.17, 15) is 19.0 Å². The Bertz CT molecular complexity index is 888. The third-order valence-electron chi connectivity index (χ3n) is 9.28. The first-order valence-electron chi connectivity index (χ1n) is 21.2. The molecular weight excluding hydrogens is 681 g/mol. The number of aliphatic carboxylic acids is 1. The van der Waals surface area contributed by atoms with Crippen LogP contribution in [0.1, 0.15) is 200 Å². The predicted octanol–water partition coefficient (Wildman–Crippen LogP) is 11.4. The van der Waals surface area contributed by atoms with Gasteiger partial charge in [-0.3, -0.25) is 18.6 Å². The van der Waals surface area contributed by atoms with Crippen LogP contribution in [-0.2, 0) is 32.7 Å². The summed E-state index contributed by atoms with van der Waals surface area (Å²) < 4.78 is 33.3. The van der Waals surface area contributed by atoms with E-state index in [1.54, 1.807) is 0 Å². The first kappa shape index (κ1) is 50.7. The van der Waals surface area contributed by atoms with Gasteiger partial charge in [0.1, 0.15) is 12.1 Å². The number of carboxylic acid groups (broad SMARTS) is 1. The van der Waals surface area contributed by atoms with Crippen molar-refractivity contribution in [3.8, 4) is 0 Å². The van der Waals surface area contributed by atoms with Gasteiger partial charge in [0.2, 0.25) is 0 Å². The number of hydrogen-bond donors (Lipinski definition) is 3. The molecule has 3 unspecified atom stereocenters. The van der Waals surface area contributed by atoms with Gasteiger partial charge in [-0.15, -0.1) is 0 Å². The first-order chi connectivity index (χ1) is 25.2. The van der Waals surface area contributed by atoms with Crippen LogP contribution in [0.3, 0.4) is 0 Å². The van der Waals surface area contributed by atoms with Crippen molar-refractivity contribution in [3.63, 3.8) is 0 Å². The number of phosphoric acid groups is 1. The second-order valence-electron chi connectivity index (χ2n) is 14.5. The summed E-state index contributed by atoms with van der Waals surface area (Å²) in [6, 6.07) is -1.47. The number of ether oxygens (including phenoxy) is 2. The maximum Gasteiger partial charge on any atom is 0.472 e. The van der Waals surface area contributed by atoms with Gasteiger partial charge in [0.05, 0.1) is 19.8 Å². The van der Waals surface area contributed by atoms with Crippen LogP contribution in [0, 0.1) is 0 Å². The Morgan fingerprint density at radius 1 is 0.596 bits per heavy atom. The van der Waals surface area contributed by atoms with Gasteiger partial charge < -0.3 is 25.2 Å². The summed E-state index contributed by atoms with van der Waals surface area (Å²) in [5, 5.41) is 8.88. The summed E-state index contributed by atoms with van der Waals surface area (Å²) >= 11 is 0. The molecule has 0 fully saturated rings. The zero-order valence-electron chi connectivity index (χ0n) is 33.4. The van der Waals surface area contributed by atoms with Gasteiger partial charge in [0.25, 0.3) is 0 Å². The number of rotatable bonds is 41. The molecule has 0 bridgehead atoms. The molecule has 52 heavy (non-hydrogen) atoms. The zero-order valence-corrected chi connectivity index (χ0v) is 34.3. The highest BCUT2D eigenvalue weighted by atomic mass is 31.2. The number of nitrogens with two attached hydrogens (primary N) is 1. The molecule has 0 radical (unpaired) electrons. The molecule has 10 nitrogen and oxygen atoms in total. The van der Waals surface area contributed by atoms with Gasteiger partial charge in [-0.1, -0.05) is 174 Å². The van der Waals surface area contributed by atoms with Crippen LogP contribution in [0.4, 0.5) is 0 Å². The third kappa shape index (κ3) is 37.0. The molecule has 11 heteroatoms. The van der Waals surface area contributed by atoms with Crippen molar-refractivity contribution in [1.29, 1.82) is 0 Å². The third-order valence-corrected chi connectivity index (χ3v) is 10.2. The normalized spacial score (nSPS) is 14.1. The van der Waals surface area contributed by atoms with E-state index in [1.807, 2.05) is 0 Å². The Morgan fingerprint density at radius 3 is 1.54 bits per heavy atom. The number of carbonyl (C=O) groups excluding carboxylic acids is 1. The molecule has 0 heterocycles. The lowest BCUT2D eigenvalue weighted by Gasteiger charge is -2.20. The molecule has 3 atom stereocenters. The number of phosphoric ester groups is 1. The fourth-order valence-electron chi connectivity index (χ4n) is 5.96. The van der Waals surface area contributed by atoms with E-state index < -0.39 is 45.1 Å². The SMILES string of the molecule is CCC/C=C\CCCCCCCCOCC(COP(=O)(O)OCC(N)C(=O)O)OC(=O)CCCCCCCCCCCCCCCCCCCCC. The highest BCUT2D eigenvalue weighted by Crippen LogP contribution is 2.43. The average Bonchev–Trinajstić information content (AvgIpc) is 3.12. The van der Waals surface area contributed by atoms with Crippen LogP contribution in [0.15, 0.2) is 12.2 Å². The lowest BCUT2D eigenvalue weighted by molar-refractivity contribution is -0.154. The zero-order chi connectivity index (χ0) is 38.4. The lowest BCUT2D eigenvalue weighted by Crippen LogP contribution is -2.34. The smallest absolute Gasteiger partial charge is 0.472 e. The molecule has 0 saturated carbocycles. The molecular formula is C41H80NO9P. The molecule has 0 aliphatic heterocycles. The summed E-state index contributed by atoms with van der Waals surface area (Å²) in [5.41, 5.74) is 5.34. The Labute approximate surface area is 318 Å². The van der Waals surface area contributed by atoms with Crippen molar-refractivity contribution >= 4 is 19.8 Å². The number of allylic oxidation sites excluding steroid dienone is 2. The van der Waals surface area contributed by atoms with Crippen molar-refractivity contribution in [2.24, 2.45) is 5.73 Å². The quantitative estimate of drug-likeness (QED) is 0.0237. The maximum atomic E-state index is 12.6. The molecule has 0 aliphatic rings. The van der Waals surface area contributed by atoms with E-state index in [4.69, 9.17) is 29.4 Å². The van der Waals surface area contributed by atoms with Crippen LogP contribution in [0.2, 0.25) is 0 Å². The molecule has 308 valence electrons. The summed E-state index contributed by atoms with van der Waals surface area (Å²) in [6.45, 7) is 3.83. The predicted molar refractivity (Wildman–Crippen MR) is 212 cm³/mol. The largest absolute Gasteiger partial charge is 0.480 e. The van der Waals surface area contributed by atoms with Crippen LogP contribution in [0.25, 0.3) is 0 Å². The van der Waals surface area contributed by atoms with Gasteiger partial charge in [-0.05, 0) is 32.1 Å². The highest BCUT2D eigenvalue weighted by Gasteiger charge is 2.27. The summed E-state index contributed by atoms with van der Waals surface area (Å²) in [4.78, 5) is 33.5. The minimum absolute atomic E-state index is 0.0175. The van der Waals surface area contributed by atoms with Crippen LogP contribution >= 0.6 is 7.82 Å². The molecule has 0 aromatic heterocycles. The fraction of sp³-hybridized carbons (Fsp3) is 0.902. The Balaban J connectivity index is 4.16. The van der Waals surface area contributed by atoms with Crippen molar-refractivity contribution in [1.82, 2.24) is 0 Å². The van der Waals surface area contributed by atoms with Gasteiger partial charge in [0, 0.05) is 13.0 Å². The number of carboxylic acids is 1. The maximum absolute atomic E-state index is 12.6. The summed E-state index contributed by atoms with van der Waals surface area (Å²) in [7, 11) is -4.61. The fourth-order valence-corrected chi connectivity index (χ4v) is 6.74. The van der Waals surface area contributed by atoms with Gasteiger partial charge in [-0.2, -0.15) is 0 Å². The molecule has 0 rings (SSSR count). The molecule has 0 amide bonds. The van der Waals surface area contributed by atoms with Crippen molar-refractivity contribution < 1.29 is 42.7 Å². The average molecular weight is 762 g/mol. The minimum atomic E-state index is -4.61. The lowest BCUT2D eigenvalue weighted by atomic mass is 10.0.